The van der Waals surface area contributed by atoms with Crippen molar-refractivity contribution in [3.63, 3.8) is 0 Å². The van der Waals surface area contributed by atoms with Crippen molar-refractivity contribution < 1.29 is 9.84 Å². The van der Waals surface area contributed by atoms with Crippen molar-refractivity contribution in [3.8, 4) is 17.4 Å². The molecule has 0 amide bonds. The zero-order chi connectivity index (χ0) is 13.8. The van der Waals surface area contributed by atoms with E-state index in [1.807, 2.05) is 13.8 Å². The Hall–Kier alpha value is -2.30. The maximum Gasteiger partial charge on any atom is 0.313 e. The summed E-state index contributed by atoms with van der Waals surface area (Å²) in [5, 5.41) is 9.35. The molecule has 0 unspecified atom stereocenters. The third kappa shape index (κ3) is 3.34. The van der Waals surface area contributed by atoms with Gasteiger partial charge in [-0.2, -0.15) is 0 Å². The van der Waals surface area contributed by atoms with Gasteiger partial charge < -0.3 is 14.4 Å². The molecule has 0 saturated heterocycles. The van der Waals surface area contributed by atoms with Crippen molar-refractivity contribution in [1.29, 1.82) is 0 Å². The minimum atomic E-state index is -0.278. The van der Waals surface area contributed by atoms with Gasteiger partial charge in [0.25, 0.3) is 5.88 Å². The molecule has 0 atom stereocenters. The van der Waals surface area contributed by atoms with Gasteiger partial charge in [-0.05, 0) is 18.1 Å². The third-order valence-corrected chi connectivity index (χ3v) is 2.48. The molecule has 0 aliphatic rings. The highest BCUT2D eigenvalue weighted by Crippen LogP contribution is 2.21. The average Bonchev–Trinajstić information content (AvgIpc) is 2.34. The number of phenols is 1. The average molecular weight is 260 g/mol. The largest absolute Gasteiger partial charge is 0.508 e. The molecule has 19 heavy (non-hydrogen) atoms. The first kappa shape index (κ1) is 13.1. The monoisotopic (exact) mass is 260 g/mol. The molecule has 0 bridgehead atoms. The molecule has 0 aliphatic carbocycles. The maximum atomic E-state index is 12.1. The van der Waals surface area contributed by atoms with Gasteiger partial charge in [0.2, 0.25) is 0 Å². The smallest absolute Gasteiger partial charge is 0.313 e. The highest BCUT2D eigenvalue weighted by atomic mass is 16.5. The topological polar surface area (TPSA) is 64.3 Å². The van der Waals surface area contributed by atoms with Gasteiger partial charge >= 0.3 is 5.56 Å². The Morgan fingerprint density at radius 3 is 2.89 bits per heavy atom. The van der Waals surface area contributed by atoms with Crippen molar-refractivity contribution in [2.75, 3.05) is 0 Å². The van der Waals surface area contributed by atoms with Gasteiger partial charge in [0, 0.05) is 25.0 Å². The molecule has 5 nitrogen and oxygen atoms in total. The van der Waals surface area contributed by atoms with Crippen LogP contribution in [-0.4, -0.2) is 14.7 Å². The number of rotatable bonds is 4. The Morgan fingerprint density at radius 1 is 1.42 bits per heavy atom. The van der Waals surface area contributed by atoms with E-state index in [9.17, 15) is 9.90 Å². The number of nitrogens with zero attached hydrogens (tertiary/aromatic N) is 2. The van der Waals surface area contributed by atoms with Crippen LogP contribution >= 0.6 is 0 Å². The molecule has 0 aliphatic heterocycles. The van der Waals surface area contributed by atoms with Gasteiger partial charge in [-0.1, -0.05) is 19.9 Å². The fraction of sp³-hybridized carbons (Fsp3) is 0.286. The van der Waals surface area contributed by atoms with Gasteiger partial charge in [0.05, 0.1) is 0 Å². The van der Waals surface area contributed by atoms with E-state index in [4.69, 9.17) is 4.74 Å². The van der Waals surface area contributed by atoms with E-state index in [-0.39, 0.29) is 17.2 Å². The Morgan fingerprint density at radius 2 is 2.21 bits per heavy atom. The fourth-order valence-corrected chi connectivity index (χ4v) is 1.69. The highest BCUT2D eigenvalue weighted by molar-refractivity contribution is 5.33. The van der Waals surface area contributed by atoms with Crippen LogP contribution in [0, 0.1) is 5.92 Å². The van der Waals surface area contributed by atoms with E-state index in [1.165, 1.54) is 18.3 Å². The molecule has 5 heteroatoms. The van der Waals surface area contributed by atoms with E-state index in [1.54, 1.807) is 22.9 Å². The summed E-state index contributed by atoms with van der Waals surface area (Å²) in [4.78, 5) is 16.0. The normalized spacial score (nSPS) is 10.7. The van der Waals surface area contributed by atoms with Crippen molar-refractivity contribution in [2.45, 2.75) is 20.4 Å². The summed E-state index contributed by atoms with van der Waals surface area (Å²) in [7, 11) is 0. The van der Waals surface area contributed by atoms with Crippen LogP contribution < -0.4 is 10.3 Å². The fourth-order valence-electron chi connectivity index (χ4n) is 1.69. The molecule has 2 aromatic rings. The minimum Gasteiger partial charge on any atom is -0.508 e. The molecular formula is C14H16N2O3. The van der Waals surface area contributed by atoms with E-state index in [2.05, 4.69) is 4.98 Å². The number of aromatic nitrogens is 2. The van der Waals surface area contributed by atoms with E-state index >= 15 is 0 Å². The Balaban J connectivity index is 2.28. The summed E-state index contributed by atoms with van der Waals surface area (Å²) in [5.74, 6) is 0.824. The van der Waals surface area contributed by atoms with Crippen LogP contribution in [0.25, 0.3) is 0 Å². The van der Waals surface area contributed by atoms with Gasteiger partial charge in [0.1, 0.15) is 11.5 Å². The van der Waals surface area contributed by atoms with Crippen LogP contribution in [0.3, 0.4) is 0 Å². The Labute approximate surface area is 111 Å². The standard InChI is InChI=1S/C14H16N2O3/c1-10(2)9-16-7-6-15-13(14(16)18)19-12-5-3-4-11(17)8-12/h3-8,10,17H,9H2,1-2H3. The van der Waals surface area contributed by atoms with Gasteiger partial charge in [0.15, 0.2) is 0 Å². The van der Waals surface area contributed by atoms with Gasteiger partial charge in [-0.3, -0.25) is 4.79 Å². The van der Waals surface area contributed by atoms with Crippen LogP contribution in [0.5, 0.6) is 17.4 Å². The Bertz CT molecular complexity index is 620. The zero-order valence-electron chi connectivity index (χ0n) is 10.9. The first-order chi connectivity index (χ1) is 9.06. The number of benzene rings is 1. The number of hydrogen-bond acceptors (Lipinski definition) is 4. The van der Waals surface area contributed by atoms with Crippen LogP contribution in [0.4, 0.5) is 0 Å². The predicted octanol–water partition coefficient (Wildman–Crippen LogP) is 2.40. The first-order valence-corrected chi connectivity index (χ1v) is 6.08. The maximum absolute atomic E-state index is 12.1. The zero-order valence-corrected chi connectivity index (χ0v) is 10.9. The molecule has 2 rings (SSSR count). The summed E-state index contributed by atoms with van der Waals surface area (Å²) in [6, 6.07) is 6.25. The summed E-state index contributed by atoms with van der Waals surface area (Å²) in [6.07, 6.45) is 3.17. The quantitative estimate of drug-likeness (QED) is 0.916. The molecule has 100 valence electrons. The molecule has 1 heterocycles. The van der Waals surface area contributed by atoms with E-state index in [0.717, 1.165) is 0 Å². The van der Waals surface area contributed by atoms with Crippen molar-refractivity contribution in [2.24, 2.45) is 5.92 Å². The second-order valence-electron chi connectivity index (χ2n) is 4.68. The number of phenolic OH excluding ortho intramolecular Hbond substituents is 1. The lowest BCUT2D eigenvalue weighted by Gasteiger charge is -2.10. The molecule has 1 N–H and O–H groups in total. The van der Waals surface area contributed by atoms with Gasteiger partial charge in [-0.15, -0.1) is 0 Å². The van der Waals surface area contributed by atoms with Crippen LogP contribution in [0.1, 0.15) is 13.8 Å². The third-order valence-electron chi connectivity index (χ3n) is 2.48. The van der Waals surface area contributed by atoms with Crippen LogP contribution in [0.15, 0.2) is 41.5 Å². The van der Waals surface area contributed by atoms with Gasteiger partial charge in [-0.25, -0.2) is 4.98 Å². The predicted molar refractivity (Wildman–Crippen MR) is 71.5 cm³/mol. The van der Waals surface area contributed by atoms with E-state index in [0.29, 0.717) is 18.2 Å². The molecule has 0 fully saturated rings. The van der Waals surface area contributed by atoms with Crippen LogP contribution in [0.2, 0.25) is 0 Å². The number of hydrogen-bond donors (Lipinski definition) is 1. The SMILES string of the molecule is CC(C)Cn1ccnc(Oc2cccc(O)c2)c1=O. The summed E-state index contributed by atoms with van der Waals surface area (Å²) in [5.41, 5.74) is -0.278. The second-order valence-corrected chi connectivity index (χ2v) is 4.68. The molecule has 1 aromatic carbocycles. The van der Waals surface area contributed by atoms with E-state index < -0.39 is 0 Å². The Kier molecular flexibility index (Phi) is 3.85. The molecule has 1 aromatic heterocycles. The van der Waals surface area contributed by atoms with Crippen LogP contribution in [-0.2, 0) is 6.54 Å². The molecule has 0 spiro atoms. The summed E-state index contributed by atoms with van der Waals surface area (Å²) < 4.78 is 6.97. The first-order valence-electron chi connectivity index (χ1n) is 6.08. The molecule has 0 radical (unpaired) electrons. The lowest BCUT2D eigenvalue weighted by Crippen LogP contribution is -2.23. The van der Waals surface area contributed by atoms with Crippen molar-refractivity contribution >= 4 is 0 Å². The summed E-state index contributed by atoms with van der Waals surface area (Å²) >= 11 is 0. The summed E-state index contributed by atoms with van der Waals surface area (Å²) in [6.45, 7) is 4.67. The molecule has 0 saturated carbocycles. The lowest BCUT2D eigenvalue weighted by molar-refractivity contribution is 0.425. The number of ether oxygens (including phenoxy) is 1. The van der Waals surface area contributed by atoms with Crippen molar-refractivity contribution in [3.05, 3.63) is 47.0 Å². The van der Waals surface area contributed by atoms with Crippen molar-refractivity contribution in [1.82, 2.24) is 9.55 Å². The second kappa shape index (κ2) is 5.56. The lowest BCUT2D eigenvalue weighted by atomic mass is 10.2. The minimum absolute atomic E-state index is 0.00810. The highest BCUT2D eigenvalue weighted by Gasteiger charge is 2.08. The molecular weight excluding hydrogens is 244 g/mol. The number of aromatic hydroxyl groups is 1.